The molecule has 3 aliphatic rings. The molecule has 1 radical (unpaired) electrons. The zero-order valence-electron chi connectivity index (χ0n) is 8.65. The molecular formula is C12H19. The van der Waals surface area contributed by atoms with Gasteiger partial charge in [0.2, 0.25) is 0 Å². The SMILES string of the molecule is C[CH]C12CC(CC=C1C)C2(C)C. The third kappa shape index (κ3) is 0.654. The first-order chi connectivity index (χ1) is 5.54. The predicted molar refractivity (Wildman–Crippen MR) is 52.7 cm³/mol. The second-order valence-corrected chi connectivity index (χ2v) is 5.01. The van der Waals surface area contributed by atoms with Crippen LogP contribution in [0.5, 0.6) is 0 Å². The smallest absolute Gasteiger partial charge is 0.000561 e. The fraction of sp³-hybridized carbons (Fsp3) is 0.750. The quantitative estimate of drug-likeness (QED) is 0.518. The van der Waals surface area contributed by atoms with Gasteiger partial charge in [0.05, 0.1) is 0 Å². The van der Waals surface area contributed by atoms with Crippen molar-refractivity contribution < 1.29 is 0 Å². The molecule has 3 rings (SSSR count). The van der Waals surface area contributed by atoms with Gasteiger partial charge in [-0.15, -0.1) is 0 Å². The molecule has 12 heavy (non-hydrogen) atoms. The Hall–Kier alpha value is -0.260. The highest BCUT2D eigenvalue weighted by atomic mass is 14.6. The van der Waals surface area contributed by atoms with E-state index in [0.717, 1.165) is 5.92 Å². The van der Waals surface area contributed by atoms with Crippen LogP contribution in [0.4, 0.5) is 0 Å². The number of allylic oxidation sites excluding steroid dienone is 2. The van der Waals surface area contributed by atoms with E-state index in [4.69, 9.17) is 0 Å². The first-order valence-electron chi connectivity index (χ1n) is 5.02. The Labute approximate surface area is 76.1 Å². The molecule has 0 saturated heterocycles. The normalized spacial score (nSPS) is 43.3. The number of rotatable bonds is 1. The van der Waals surface area contributed by atoms with Gasteiger partial charge in [-0.05, 0) is 42.9 Å². The molecule has 0 aromatic carbocycles. The van der Waals surface area contributed by atoms with Gasteiger partial charge in [-0.25, -0.2) is 0 Å². The lowest BCUT2D eigenvalue weighted by Crippen LogP contribution is -2.57. The summed E-state index contributed by atoms with van der Waals surface area (Å²) < 4.78 is 0. The number of hydrogen-bond acceptors (Lipinski definition) is 0. The fourth-order valence-electron chi connectivity index (χ4n) is 3.41. The van der Waals surface area contributed by atoms with Gasteiger partial charge in [0.25, 0.3) is 0 Å². The lowest BCUT2D eigenvalue weighted by molar-refractivity contribution is -0.0779. The van der Waals surface area contributed by atoms with Crippen LogP contribution < -0.4 is 0 Å². The minimum atomic E-state index is 0.454. The molecule has 2 atom stereocenters. The van der Waals surface area contributed by atoms with E-state index in [0.29, 0.717) is 10.8 Å². The second kappa shape index (κ2) is 2.16. The van der Waals surface area contributed by atoms with Gasteiger partial charge in [-0.2, -0.15) is 0 Å². The van der Waals surface area contributed by atoms with E-state index in [2.05, 4.69) is 40.2 Å². The van der Waals surface area contributed by atoms with Crippen LogP contribution in [-0.4, -0.2) is 0 Å². The van der Waals surface area contributed by atoms with Crippen molar-refractivity contribution in [3.05, 3.63) is 18.1 Å². The first kappa shape index (κ1) is 8.34. The summed E-state index contributed by atoms with van der Waals surface area (Å²) in [5, 5.41) is 0. The molecule has 0 heterocycles. The molecule has 2 bridgehead atoms. The Balaban J connectivity index is 2.41. The standard InChI is InChI=1S/C12H19/c1-5-12-8-10(11(12,3)4)7-6-9(12)2/h5-6,10H,7-8H2,1-4H3. The number of fused-ring (bicyclic) bond motifs is 1. The molecule has 0 aromatic rings. The van der Waals surface area contributed by atoms with Crippen molar-refractivity contribution in [1.82, 2.24) is 0 Å². The van der Waals surface area contributed by atoms with Crippen LogP contribution in [-0.2, 0) is 0 Å². The van der Waals surface area contributed by atoms with Gasteiger partial charge in [0, 0.05) is 0 Å². The maximum atomic E-state index is 2.44. The highest BCUT2D eigenvalue weighted by Gasteiger charge is 2.60. The molecule has 1 saturated carbocycles. The zero-order chi connectivity index (χ0) is 8.98. The molecule has 3 aliphatic carbocycles. The third-order valence-corrected chi connectivity index (χ3v) is 4.64. The maximum absolute atomic E-state index is 2.44. The highest BCUT2D eigenvalue weighted by molar-refractivity contribution is 5.33. The van der Waals surface area contributed by atoms with Crippen LogP contribution >= 0.6 is 0 Å². The van der Waals surface area contributed by atoms with Crippen LogP contribution in [0.3, 0.4) is 0 Å². The van der Waals surface area contributed by atoms with Crippen LogP contribution in [0.15, 0.2) is 11.6 Å². The third-order valence-electron chi connectivity index (χ3n) is 4.64. The summed E-state index contributed by atoms with van der Waals surface area (Å²) in [7, 11) is 0. The lowest BCUT2D eigenvalue weighted by Gasteiger charge is -2.65. The van der Waals surface area contributed by atoms with E-state index in [9.17, 15) is 0 Å². The van der Waals surface area contributed by atoms with Crippen molar-refractivity contribution in [3.8, 4) is 0 Å². The largest absolute Gasteiger partial charge is 0.0847 e. The monoisotopic (exact) mass is 163 g/mol. The van der Waals surface area contributed by atoms with Gasteiger partial charge in [-0.1, -0.05) is 32.4 Å². The molecule has 1 fully saturated rings. The second-order valence-electron chi connectivity index (χ2n) is 5.01. The van der Waals surface area contributed by atoms with Crippen molar-refractivity contribution >= 4 is 0 Å². The maximum Gasteiger partial charge on any atom is -0.000561 e. The lowest BCUT2D eigenvalue weighted by atomic mass is 9.39. The summed E-state index contributed by atoms with van der Waals surface area (Å²) in [6, 6.07) is 0. The van der Waals surface area contributed by atoms with Crippen molar-refractivity contribution in [1.29, 1.82) is 0 Å². The molecule has 0 N–H and O–H groups in total. The Morgan fingerprint density at radius 1 is 1.50 bits per heavy atom. The summed E-state index contributed by atoms with van der Waals surface area (Å²) >= 11 is 0. The minimum Gasteiger partial charge on any atom is -0.0847 e. The van der Waals surface area contributed by atoms with E-state index in [1.165, 1.54) is 12.8 Å². The fourth-order valence-corrected chi connectivity index (χ4v) is 3.41. The Morgan fingerprint density at radius 2 is 2.17 bits per heavy atom. The van der Waals surface area contributed by atoms with Crippen LogP contribution in [0.2, 0.25) is 0 Å². The number of hydrogen-bond donors (Lipinski definition) is 0. The molecule has 0 aliphatic heterocycles. The van der Waals surface area contributed by atoms with E-state index in [-0.39, 0.29) is 0 Å². The van der Waals surface area contributed by atoms with Gasteiger partial charge >= 0.3 is 0 Å². The molecule has 0 nitrogen and oxygen atoms in total. The van der Waals surface area contributed by atoms with Crippen LogP contribution in [0.1, 0.15) is 40.5 Å². The van der Waals surface area contributed by atoms with Gasteiger partial charge in [0.15, 0.2) is 0 Å². The molecule has 0 amide bonds. The molecule has 0 spiro atoms. The van der Waals surface area contributed by atoms with Crippen molar-refractivity contribution in [3.63, 3.8) is 0 Å². The molecule has 2 unspecified atom stereocenters. The van der Waals surface area contributed by atoms with Crippen LogP contribution in [0.25, 0.3) is 0 Å². The topological polar surface area (TPSA) is 0 Å². The molecular weight excluding hydrogens is 144 g/mol. The molecule has 0 heteroatoms. The van der Waals surface area contributed by atoms with Gasteiger partial charge in [0.1, 0.15) is 0 Å². The Bertz CT molecular complexity index is 234. The minimum absolute atomic E-state index is 0.454. The summed E-state index contributed by atoms with van der Waals surface area (Å²) in [5.74, 6) is 0.942. The predicted octanol–water partition coefficient (Wildman–Crippen LogP) is 3.59. The van der Waals surface area contributed by atoms with Crippen molar-refractivity contribution in [2.45, 2.75) is 40.5 Å². The van der Waals surface area contributed by atoms with Crippen LogP contribution in [0, 0.1) is 23.2 Å². The van der Waals surface area contributed by atoms with E-state index < -0.39 is 0 Å². The summed E-state index contributed by atoms with van der Waals surface area (Å²) in [6.07, 6.45) is 7.58. The van der Waals surface area contributed by atoms with Crippen molar-refractivity contribution in [2.24, 2.45) is 16.7 Å². The van der Waals surface area contributed by atoms with Gasteiger partial charge in [-0.3, -0.25) is 0 Å². The Kier molecular flexibility index (Phi) is 1.50. The zero-order valence-corrected chi connectivity index (χ0v) is 8.65. The summed E-state index contributed by atoms with van der Waals surface area (Å²) in [5.41, 5.74) is 2.59. The van der Waals surface area contributed by atoms with E-state index in [1.807, 2.05) is 0 Å². The average molecular weight is 163 g/mol. The highest BCUT2D eigenvalue weighted by Crippen LogP contribution is 2.68. The first-order valence-corrected chi connectivity index (χ1v) is 5.02. The van der Waals surface area contributed by atoms with Gasteiger partial charge < -0.3 is 0 Å². The Morgan fingerprint density at radius 3 is 2.50 bits per heavy atom. The summed E-state index contributed by atoms with van der Waals surface area (Å²) in [4.78, 5) is 0. The average Bonchev–Trinajstić information content (AvgIpc) is 2.04. The summed E-state index contributed by atoms with van der Waals surface area (Å²) in [6.45, 7) is 9.38. The van der Waals surface area contributed by atoms with E-state index in [1.54, 1.807) is 5.57 Å². The van der Waals surface area contributed by atoms with E-state index >= 15 is 0 Å². The molecule has 0 aromatic heterocycles. The van der Waals surface area contributed by atoms with Crippen molar-refractivity contribution in [2.75, 3.05) is 0 Å². The molecule has 67 valence electrons.